The Kier molecular flexibility index (Phi) is 25.0. The van der Waals surface area contributed by atoms with E-state index in [1.54, 1.807) is 18.1 Å². The first-order chi connectivity index (χ1) is 13.3. The quantitative estimate of drug-likeness (QED) is 0.194. The van der Waals surface area contributed by atoms with Crippen molar-refractivity contribution < 1.29 is 0 Å². The van der Waals surface area contributed by atoms with Crippen LogP contribution in [-0.2, 0) is 0 Å². The maximum atomic E-state index is 3.56. The van der Waals surface area contributed by atoms with Crippen molar-refractivity contribution in [1.82, 2.24) is 9.80 Å². The third kappa shape index (κ3) is 44.9. The van der Waals surface area contributed by atoms with Crippen molar-refractivity contribution in [3.63, 3.8) is 0 Å². The number of likely N-dealkylation sites (N-methyl/N-ethyl adjacent to an activating group) is 1. The van der Waals surface area contributed by atoms with Gasteiger partial charge in [-0.1, -0.05) is 109 Å². The minimum atomic E-state index is -0.872. The Morgan fingerprint density at radius 1 is 0.710 bits per heavy atom. The zero-order chi connectivity index (χ0) is 24.6. The highest BCUT2D eigenvalue weighted by molar-refractivity contribution is 6.82. The Bertz CT molecular complexity index is 395. The van der Waals surface area contributed by atoms with E-state index in [2.05, 4.69) is 95.9 Å². The van der Waals surface area contributed by atoms with Gasteiger partial charge in [-0.25, -0.2) is 0 Å². The number of hydrogen-bond donors (Lipinski definition) is 0. The Morgan fingerprint density at radius 3 is 1.39 bits per heavy atom. The molecule has 192 valence electrons. The molecule has 0 saturated carbocycles. The molecule has 0 saturated heterocycles. The fourth-order valence-corrected chi connectivity index (χ4v) is 15.5. The zero-order valence-corrected chi connectivity index (χ0v) is 28.1. The molecule has 0 aromatic carbocycles. The van der Waals surface area contributed by atoms with Gasteiger partial charge in [0, 0.05) is 39.6 Å². The van der Waals surface area contributed by atoms with E-state index >= 15 is 0 Å². The van der Waals surface area contributed by atoms with Crippen molar-refractivity contribution in [1.29, 1.82) is 0 Å². The summed E-state index contributed by atoms with van der Waals surface area (Å²) in [4.78, 5) is 4.37. The van der Waals surface area contributed by atoms with Crippen LogP contribution in [0.5, 0.6) is 0 Å². The van der Waals surface area contributed by atoms with Crippen LogP contribution in [0, 0.1) is 0 Å². The van der Waals surface area contributed by atoms with Crippen LogP contribution in [0.4, 0.5) is 0 Å². The Balaban J connectivity index is -0.000000194. The molecule has 0 rings (SSSR count). The molecule has 0 aliphatic heterocycles. The number of nitrogens with zero attached hydrogens (tertiary/aromatic N) is 2. The van der Waals surface area contributed by atoms with Crippen LogP contribution in [0.2, 0.25) is 95.7 Å². The van der Waals surface area contributed by atoms with Gasteiger partial charge in [0.25, 0.3) is 0 Å². The van der Waals surface area contributed by atoms with E-state index in [1.807, 2.05) is 20.2 Å². The second kappa shape index (κ2) is 19.9. The van der Waals surface area contributed by atoms with E-state index in [0.717, 1.165) is 6.54 Å². The Hall–Kier alpha value is 0.528. The minimum absolute atomic E-state index is 0. The molecule has 0 aliphatic rings. The summed E-state index contributed by atoms with van der Waals surface area (Å²) >= 11 is 0. The van der Waals surface area contributed by atoms with Crippen molar-refractivity contribution in [3.8, 4) is 0 Å². The molecule has 0 unspecified atom stereocenters. The van der Waals surface area contributed by atoms with Crippen LogP contribution in [-0.4, -0.2) is 84.1 Å². The molecule has 0 bridgehead atoms. The summed E-state index contributed by atoms with van der Waals surface area (Å²) in [6.07, 6.45) is 3.28. The monoisotopic (exact) mass is 506 g/mol. The summed E-state index contributed by atoms with van der Waals surface area (Å²) < 4.78 is 0. The fraction of sp³-hybridized carbons (Fsp3) is 0.920. The largest absolute Gasteiger partial charge is 0.309 e. The fourth-order valence-electron chi connectivity index (χ4n) is 2.69. The van der Waals surface area contributed by atoms with Crippen molar-refractivity contribution in [2.75, 3.05) is 41.3 Å². The van der Waals surface area contributed by atoms with Gasteiger partial charge in [-0.3, -0.25) is 0 Å². The minimum Gasteiger partial charge on any atom is -0.309 e. The highest BCUT2D eigenvalue weighted by Crippen LogP contribution is 2.24. The maximum absolute atomic E-state index is 3.56. The first kappa shape index (κ1) is 38.8. The van der Waals surface area contributed by atoms with E-state index < -0.39 is 24.2 Å². The summed E-state index contributed by atoms with van der Waals surface area (Å²) in [5.74, 6) is 0. The van der Waals surface area contributed by atoms with Gasteiger partial charge in [0.2, 0.25) is 0 Å². The van der Waals surface area contributed by atoms with Gasteiger partial charge in [0.1, 0.15) is 0 Å². The normalized spacial score (nSPS) is 12.0. The molecule has 0 aromatic rings. The van der Waals surface area contributed by atoms with Gasteiger partial charge >= 0.3 is 0 Å². The topological polar surface area (TPSA) is 6.48 Å². The van der Waals surface area contributed by atoms with Gasteiger partial charge in [-0.15, -0.1) is 6.58 Å². The third-order valence-electron chi connectivity index (χ3n) is 4.98. The lowest BCUT2D eigenvalue weighted by Crippen LogP contribution is -2.31. The van der Waals surface area contributed by atoms with Crippen LogP contribution in [0.3, 0.4) is 0 Å². The Labute approximate surface area is 205 Å². The molecule has 0 radical (unpaired) electrons. The first-order valence-electron chi connectivity index (χ1n) is 12.2. The Morgan fingerprint density at radius 2 is 1.16 bits per heavy atom. The van der Waals surface area contributed by atoms with Gasteiger partial charge in [-0.2, -0.15) is 0 Å². The van der Waals surface area contributed by atoms with Gasteiger partial charge in [0.05, 0.1) is 0 Å². The van der Waals surface area contributed by atoms with Gasteiger partial charge in [-0.05, 0) is 41.2 Å². The number of rotatable bonds is 12. The lowest BCUT2D eigenvalue weighted by Gasteiger charge is -2.26. The van der Waals surface area contributed by atoms with Crippen LogP contribution >= 0.6 is 0 Å². The summed E-state index contributed by atoms with van der Waals surface area (Å²) in [7, 11) is 5.79. The lowest BCUT2D eigenvalue weighted by atomic mass is 10.5. The van der Waals surface area contributed by atoms with Crippen molar-refractivity contribution in [2.24, 2.45) is 0 Å². The van der Waals surface area contributed by atoms with Crippen LogP contribution < -0.4 is 0 Å². The van der Waals surface area contributed by atoms with E-state index in [1.165, 1.54) is 25.1 Å². The molecule has 6 heteroatoms. The van der Waals surface area contributed by atoms with Crippen molar-refractivity contribution in [2.45, 2.75) is 110 Å². The highest BCUT2D eigenvalue weighted by atomic mass is 28.3. The molecular formula is C25H66N2Si4. The molecule has 2 nitrogen and oxygen atoms in total. The molecule has 0 heterocycles. The van der Waals surface area contributed by atoms with Gasteiger partial charge < -0.3 is 9.80 Å². The predicted octanol–water partition coefficient (Wildman–Crippen LogP) is 8.17. The lowest BCUT2D eigenvalue weighted by molar-refractivity contribution is 0.407. The molecular weight excluding hydrogens is 441 g/mol. The summed E-state index contributed by atoms with van der Waals surface area (Å²) in [6, 6.07) is 7.71. The molecule has 0 aromatic heterocycles. The van der Waals surface area contributed by atoms with Crippen LogP contribution in [0.15, 0.2) is 12.7 Å². The van der Waals surface area contributed by atoms with Crippen molar-refractivity contribution >= 4 is 33.0 Å². The summed E-state index contributed by atoms with van der Waals surface area (Å²) in [5.41, 5.74) is 0. The average Bonchev–Trinajstić information content (AvgIpc) is 2.50. The third-order valence-corrected chi connectivity index (χ3v) is 14.3. The summed E-state index contributed by atoms with van der Waals surface area (Å²) in [6.45, 7) is 30.7. The molecule has 0 spiro atoms. The van der Waals surface area contributed by atoms with Crippen molar-refractivity contribution in [3.05, 3.63) is 12.7 Å². The summed E-state index contributed by atoms with van der Waals surface area (Å²) in [5, 5.41) is 0. The average molecular weight is 507 g/mol. The van der Waals surface area contributed by atoms with Crippen LogP contribution in [0.1, 0.15) is 13.8 Å². The van der Waals surface area contributed by atoms with Crippen LogP contribution in [0.25, 0.3) is 0 Å². The van der Waals surface area contributed by atoms with E-state index in [9.17, 15) is 0 Å². The smallest absolute Gasteiger partial charge is 0.0471 e. The molecule has 0 fully saturated rings. The molecule has 0 amide bonds. The molecule has 31 heavy (non-hydrogen) atoms. The highest BCUT2D eigenvalue weighted by Gasteiger charge is 2.23. The number of hydrogen-bond acceptors (Lipinski definition) is 2. The maximum Gasteiger partial charge on any atom is 0.0471 e. The zero-order valence-electron chi connectivity index (χ0n) is 23.9. The standard InChI is InChI=1S/C12H31NSi2.C7H20Si2.C5H11N.CH4/c1-13(2)9-8-10-15(6,7)12-11-14(3,4)5;1-8(2)6-7-9(3,4)5;1-4-5-6(2)3;/h8-12H2,1-7H3;8H,6-7H2,1-5H3;4H,1,5H2,2-3H3;1H4. The SMILES string of the molecule is C.C=CCN(C)C.CN(C)CCC[Si](C)(C)CC[Si](C)(C)C.C[SiH](C)CC[Si](C)(C)C. The second-order valence-corrected chi connectivity index (χ2v) is 33.1. The first-order valence-corrected chi connectivity index (χ1v) is 26.2. The molecule has 0 atom stereocenters. The predicted molar refractivity (Wildman–Crippen MR) is 166 cm³/mol. The molecule has 0 N–H and O–H groups in total. The van der Waals surface area contributed by atoms with E-state index in [0.29, 0.717) is 0 Å². The van der Waals surface area contributed by atoms with Gasteiger partial charge in [0.15, 0.2) is 0 Å². The second-order valence-electron chi connectivity index (χ2n) is 13.2. The van der Waals surface area contributed by atoms with E-state index in [4.69, 9.17) is 0 Å². The van der Waals surface area contributed by atoms with E-state index in [-0.39, 0.29) is 16.2 Å². The molecule has 0 aliphatic carbocycles.